The molecule has 0 unspecified atom stereocenters. The van der Waals surface area contributed by atoms with Crippen LogP contribution in [0.25, 0.3) is 22.3 Å². The lowest BCUT2D eigenvalue weighted by molar-refractivity contribution is -0.275. The lowest BCUT2D eigenvalue weighted by atomic mass is 9.97. The van der Waals surface area contributed by atoms with Crippen LogP contribution in [-0.4, -0.2) is 12.7 Å². The van der Waals surface area contributed by atoms with Crippen LogP contribution in [0.3, 0.4) is 0 Å². The van der Waals surface area contributed by atoms with Gasteiger partial charge in [-0.15, -0.1) is 26.3 Å². The molecule has 0 heterocycles. The Hall–Kier alpha value is -3.94. The van der Waals surface area contributed by atoms with E-state index in [0.29, 0.717) is 11.1 Å². The van der Waals surface area contributed by atoms with Crippen molar-refractivity contribution in [1.29, 1.82) is 0 Å². The summed E-state index contributed by atoms with van der Waals surface area (Å²) in [6, 6.07) is 25.1. The van der Waals surface area contributed by atoms with Gasteiger partial charge in [-0.25, -0.2) is 0 Å². The minimum atomic E-state index is -4.71. The Morgan fingerprint density at radius 3 is 1.14 bits per heavy atom. The molecule has 4 aromatic carbocycles. The Balaban J connectivity index is 1.16. The van der Waals surface area contributed by atoms with Crippen LogP contribution in [0.2, 0.25) is 0 Å². The summed E-state index contributed by atoms with van der Waals surface area (Å²) in [6.07, 6.45) is -1.88. The van der Waals surface area contributed by atoms with Gasteiger partial charge in [-0.3, -0.25) is 0 Å². The Bertz CT molecular complexity index is 1360. The third kappa shape index (κ3) is 10.1. The minimum Gasteiger partial charge on any atom is -0.406 e. The summed E-state index contributed by atoms with van der Waals surface area (Å²) < 4.78 is 82.8. The highest BCUT2D eigenvalue weighted by Gasteiger charge is 2.32. The van der Waals surface area contributed by atoms with Gasteiger partial charge in [0.1, 0.15) is 11.5 Å². The molecular weight excluding hydrogens is 566 g/mol. The first-order chi connectivity index (χ1) is 20.4. The Morgan fingerprint density at radius 1 is 0.465 bits per heavy atom. The van der Waals surface area contributed by atoms with Crippen molar-refractivity contribution in [3.8, 4) is 33.8 Å². The Labute approximate surface area is 248 Å². The summed E-state index contributed by atoms with van der Waals surface area (Å²) in [6.45, 7) is 3.54. The van der Waals surface area contributed by atoms with Crippen molar-refractivity contribution in [1.82, 2.24) is 0 Å². The van der Waals surface area contributed by atoms with E-state index in [9.17, 15) is 26.3 Å². The molecule has 4 aromatic rings. The highest BCUT2D eigenvalue weighted by Crippen LogP contribution is 2.31. The maximum atomic E-state index is 12.5. The van der Waals surface area contributed by atoms with Crippen molar-refractivity contribution < 1.29 is 35.8 Å². The van der Waals surface area contributed by atoms with Crippen LogP contribution in [0.5, 0.6) is 11.5 Å². The number of alkyl halides is 6. The largest absolute Gasteiger partial charge is 0.573 e. The number of unbranched alkanes of at least 4 members (excludes halogenated alkanes) is 4. The van der Waals surface area contributed by atoms with E-state index in [1.165, 1.54) is 35.4 Å². The quantitative estimate of drug-likeness (QED) is 0.119. The Morgan fingerprint density at radius 2 is 0.814 bits per heavy atom. The lowest BCUT2D eigenvalue weighted by Crippen LogP contribution is -2.17. The zero-order chi connectivity index (χ0) is 31.0. The van der Waals surface area contributed by atoms with Crippen molar-refractivity contribution in [2.45, 2.75) is 71.5 Å². The fourth-order valence-corrected chi connectivity index (χ4v) is 5.20. The molecular formula is C35H34F6O2. The number of hydrogen-bond donors (Lipinski definition) is 0. The van der Waals surface area contributed by atoms with Crippen LogP contribution >= 0.6 is 0 Å². The van der Waals surface area contributed by atoms with E-state index in [1.54, 1.807) is 26.0 Å². The van der Waals surface area contributed by atoms with Gasteiger partial charge in [-0.2, -0.15) is 0 Å². The molecule has 0 spiro atoms. The molecule has 0 aromatic heterocycles. The van der Waals surface area contributed by atoms with Crippen molar-refractivity contribution in [3.63, 3.8) is 0 Å². The number of ether oxygens (including phenoxy) is 2. The van der Waals surface area contributed by atoms with E-state index in [0.717, 1.165) is 67.2 Å². The fraction of sp³-hybridized carbons (Fsp3) is 0.314. The molecule has 0 fully saturated rings. The first-order valence-corrected chi connectivity index (χ1v) is 14.3. The topological polar surface area (TPSA) is 18.5 Å². The monoisotopic (exact) mass is 600 g/mol. The Kier molecular flexibility index (Phi) is 10.4. The van der Waals surface area contributed by atoms with Crippen LogP contribution in [-0.2, 0) is 12.8 Å². The number of halogens is 6. The smallest absolute Gasteiger partial charge is 0.406 e. The molecule has 228 valence electrons. The number of rotatable bonds is 12. The van der Waals surface area contributed by atoms with Gasteiger partial charge in [0.2, 0.25) is 0 Å². The number of hydrogen-bond acceptors (Lipinski definition) is 2. The molecule has 0 saturated carbocycles. The van der Waals surface area contributed by atoms with Gasteiger partial charge in [-0.1, -0.05) is 79.9 Å². The van der Waals surface area contributed by atoms with Crippen molar-refractivity contribution in [3.05, 3.63) is 107 Å². The molecule has 0 atom stereocenters. The standard InChI is InChI=1S/C35H34F6O2/c1-24-22-30(42-34(36,37)38)18-20-32(24)28-14-10-26(11-15-28)8-6-4-3-5-7-9-27-12-16-29(17-13-27)33-21-19-31(23-25(33)2)43-35(39,40)41/h10-23H,3-9H2,1-2H3. The summed E-state index contributed by atoms with van der Waals surface area (Å²) in [5.74, 6) is -0.437. The number of aryl methyl sites for hydroxylation is 4. The van der Waals surface area contributed by atoms with E-state index in [-0.39, 0.29) is 11.5 Å². The van der Waals surface area contributed by atoms with Crippen LogP contribution in [0.15, 0.2) is 84.9 Å². The van der Waals surface area contributed by atoms with Crippen LogP contribution < -0.4 is 9.47 Å². The average molecular weight is 601 g/mol. The first kappa shape index (κ1) is 32.0. The summed E-state index contributed by atoms with van der Waals surface area (Å²) >= 11 is 0. The van der Waals surface area contributed by atoms with Crippen molar-refractivity contribution in [2.75, 3.05) is 0 Å². The predicted molar refractivity (Wildman–Crippen MR) is 157 cm³/mol. The molecule has 4 rings (SSSR count). The van der Waals surface area contributed by atoms with E-state index < -0.39 is 12.7 Å². The summed E-state index contributed by atoms with van der Waals surface area (Å²) in [5, 5.41) is 0. The highest BCUT2D eigenvalue weighted by molar-refractivity contribution is 5.69. The molecule has 0 bridgehead atoms. The van der Waals surface area contributed by atoms with Gasteiger partial charge in [0.15, 0.2) is 0 Å². The van der Waals surface area contributed by atoms with Gasteiger partial charge in [0, 0.05) is 0 Å². The molecule has 8 heteroatoms. The minimum absolute atomic E-state index is 0.219. The van der Waals surface area contributed by atoms with Crippen LogP contribution in [0, 0.1) is 13.8 Å². The van der Waals surface area contributed by atoms with Gasteiger partial charge >= 0.3 is 12.7 Å². The second-order valence-electron chi connectivity index (χ2n) is 10.7. The summed E-state index contributed by atoms with van der Waals surface area (Å²) in [5.41, 5.74) is 7.56. The van der Waals surface area contributed by atoms with E-state index in [1.807, 2.05) is 24.3 Å². The zero-order valence-corrected chi connectivity index (χ0v) is 24.1. The van der Waals surface area contributed by atoms with Crippen LogP contribution in [0.1, 0.15) is 54.4 Å². The predicted octanol–water partition coefficient (Wildman–Crippen LogP) is 11.2. The summed E-state index contributed by atoms with van der Waals surface area (Å²) in [4.78, 5) is 0. The third-order valence-electron chi connectivity index (χ3n) is 7.32. The number of benzene rings is 4. The third-order valence-corrected chi connectivity index (χ3v) is 7.32. The molecule has 0 saturated heterocycles. The van der Waals surface area contributed by atoms with Crippen LogP contribution in [0.4, 0.5) is 26.3 Å². The average Bonchev–Trinajstić information content (AvgIpc) is 2.92. The van der Waals surface area contributed by atoms with E-state index in [2.05, 4.69) is 33.7 Å². The van der Waals surface area contributed by atoms with Crippen molar-refractivity contribution in [2.24, 2.45) is 0 Å². The maximum absolute atomic E-state index is 12.5. The summed E-state index contributed by atoms with van der Waals surface area (Å²) in [7, 11) is 0. The molecule has 43 heavy (non-hydrogen) atoms. The first-order valence-electron chi connectivity index (χ1n) is 14.3. The maximum Gasteiger partial charge on any atom is 0.573 e. The van der Waals surface area contributed by atoms with Gasteiger partial charge in [-0.05, 0) is 108 Å². The van der Waals surface area contributed by atoms with Gasteiger partial charge in [0.25, 0.3) is 0 Å². The molecule has 0 radical (unpaired) electrons. The second kappa shape index (κ2) is 14.0. The molecule has 0 aliphatic heterocycles. The molecule has 2 nitrogen and oxygen atoms in total. The zero-order valence-electron chi connectivity index (χ0n) is 24.1. The van der Waals surface area contributed by atoms with Crippen molar-refractivity contribution >= 4 is 0 Å². The second-order valence-corrected chi connectivity index (χ2v) is 10.7. The molecule has 0 amide bonds. The van der Waals surface area contributed by atoms with E-state index >= 15 is 0 Å². The lowest BCUT2D eigenvalue weighted by Gasteiger charge is -2.12. The van der Waals surface area contributed by atoms with E-state index in [4.69, 9.17) is 0 Å². The van der Waals surface area contributed by atoms with Gasteiger partial charge in [0.05, 0.1) is 0 Å². The molecule has 0 N–H and O–H groups in total. The SMILES string of the molecule is Cc1cc(OC(F)(F)F)ccc1-c1ccc(CCCCCCCc2ccc(-c3ccc(OC(F)(F)F)cc3C)cc2)cc1. The highest BCUT2D eigenvalue weighted by atomic mass is 19.4. The fourth-order valence-electron chi connectivity index (χ4n) is 5.20. The van der Waals surface area contributed by atoms with Gasteiger partial charge < -0.3 is 9.47 Å². The molecule has 0 aliphatic carbocycles. The molecule has 0 aliphatic rings. The normalized spacial score (nSPS) is 11.9.